The summed E-state index contributed by atoms with van der Waals surface area (Å²) in [7, 11) is -1.45. The molecular weight excluding hydrogens is 640 g/mol. The molecule has 1 amide bonds. The Kier molecular flexibility index (Phi) is 11.4. The monoisotopic (exact) mass is 688 g/mol. The Labute approximate surface area is 286 Å². The maximum Gasteiger partial charge on any atom is 0.263 e. The standard InChI is InChI=1S/C36H49ClN2O3S3/c1-4-7-25-18-29(37)12-14-30(25)28-21-39-20-27-10-13-31(27)32(36-43-16-6-17-44-36)9-5-8-23(2)24(3)45(41)38-35(40)26-11-15-34(42-22-28)33(39)19-26/h11-12,14-15,18-19,23-24,27-28,31-32,36H,4-10,13,16-17,20-22H2,1-3H3,(H,38,40). The number of hydrogen-bond acceptors (Lipinski definition) is 6. The van der Waals surface area contributed by atoms with E-state index in [-0.39, 0.29) is 23.0 Å². The number of carbonyl (C=O) groups is 1. The molecule has 0 radical (unpaired) electrons. The van der Waals surface area contributed by atoms with Crippen molar-refractivity contribution in [3.63, 3.8) is 0 Å². The molecule has 2 aromatic carbocycles. The quantitative estimate of drug-likeness (QED) is 0.347. The summed E-state index contributed by atoms with van der Waals surface area (Å²) in [6.45, 7) is 8.82. The first-order chi connectivity index (χ1) is 21.8. The second kappa shape index (κ2) is 15.3. The van der Waals surface area contributed by atoms with Gasteiger partial charge in [-0.3, -0.25) is 9.52 Å². The first kappa shape index (κ1) is 33.5. The van der Waals surface area contributed by atoms with E-state index < -0.39 is 11.0 Å². The number of nitrogens with zero attached hydrogens (tertiary/aromatic N) is 1. The van der Waals surface area contributed by atoms with Crippen LogP contribution in [0.1, 0.15) is 93.1 Å². The Morgan fingerprint density at radius 1 is 1.00 bits per heavy atom. The third-order valence-corrected chi connectivity index (χ3v) is 15.7. The molecule has 2 bridgehead atoms. The summed E-state index contributed by atoms with van der Waals surface area (Å²) < 4.78 is 23.4. The number of amides is 1. The summed E-state index contributed by atoms with van der Waals surface area (Å²) in [5.41, 5.74) is 4.14. The number of hydrogen-bond donors (Lipinski definition) is 1. The van der Waals surface area contributed by atoms with Crippen LogP contribution in [0.5, 0.6) is 5.75 Å². The zero-order valence-electron chi connectivity index (χ0n) is 27.0. The molecule has 1 aliphatic carbocycles. The van der Waals surface area contributed by atoms with Crippen molar-refractivity contribution in [2.75, 3.05) is 36.1 Å². The number of nitrogens with one attached hydrogen (secondary N) is 1. The molecule has 1 saturated heterocycles. The molecule has 0 aromatic heterocycles. The summed E-state index contributed by atoms with van der Waals surface area (Å²) in [6, 6.07) is 12.1. The van der Waals surface area contributed by atoms with E-state index >= 15 is 0 Å². The third kappa shape index (κ3) is 7.70. The number of rotatable bonds is 4. The molecule has 45 heavy (non-hydrogen) atoms. The lowest BCUT2D eigenvalue weighted by Gasteiger charge is -2.47. The second-order valence-corrected chi connectivity index (χ2v) is 18.4. The molecule has 2 fully saturated rings. The van der Waals surface area contributed by atoms with Gasteiger partial charge in [0.15, 0.2) is 0 Å². The minimum Gasteiger partial charge on any atom is -0.491 e. The molecule has 0 spiro atoms. The molecule has 1 N–H and O–H groups in total. The molecule has 3 heterocycles. The van der Waals surface area contributed by atoms with Crippen molar-refractivity contribution in [3.05, 3.63) is 58.1 Å². The zero-order valence-corrected chi connectivity index (χ0v) is 30.2. The Morgan fingerprint density at radius 3 is 2.58 bits per heavy atom. The van der Waals surface area contributed by atoms with Crippen molar-refractivity contribution in [2.24, 2.45) is 23.7 Å². The minimum absolute atomic E-state index is 0.103. The van der Waals surface area contributed by atoms with Crippen LogP contribution in [0.25, 0.3) is 0 Å². The van der Waals surface area contributed by atoms with E-state index in [4.69, 9.17) is 16.3 Å². The van der Waals surface area contributed by atoms with Crippen molar-refractivity contribution < 1.29 is 13.7 Å². The number of ether oxygens (including phenoxy) is 1. The maximum atomic E-state index is 13.4. The van der Waals surface area contributed by atoms with E-state index in [1.54, 1.807) is 0 Å². The van der Waals surface area contributed by atoms with Gasteiger partial charge in [-0.2, -0.15) is 0 Å². The van der Waals surface area contributed by atoms with Crippen LogP contribution in [0.4, 0.5) is 5.69 Å². The molecule has 5 nitrogen and oxygen atoms in total. The number of aryl methyl sites for hydroxylation is 1. The van der Waals surface area contributed by atoms with Crippen LogP contribution in [0.3, 0.4) is 0 Å². The number of halogens is 1. The highest BCUT2D eigenvalue weighted by Gasteiger charge is 2.42. The summed E-state index contributed by atoms with van der Waals surface area (Å²) in [5.74, 6) is 5.62. The van der Waals surface area contributed by atoms with Crippen LogP contribution in [-0.2, 0) is 17.4 Å². The summed E-state index contributed by atoms with van der Waals surface area (Å²) in [5, 5.41) is 0.678. The number of carbonyl (C=O) groups excluding carboxylic acids is 1. The van der Waals surface area contributed by atoms with Crippen LogP contribution >= 0.6 is 35.1 Å². The smallest absolute Gasteiger partial charge is 0.263 e. The predicted molar refractivity (Wildman–Crippen MR) is 193 cm³/mol. The number of benzene rings is 2. The second-order valence-electron chi connectivity index (χ2n) is 13.7. The Hall–Kier alpha value is -1.35. The third-order valence-electron chi connectivity index (χ3n) is 10.7. The largest absolute Gasteiger partial charge is 0.491 e. The van der Waals surface area contributed by atoms with Gasteiger partial charge in [0.05, 0.1) is 22.1 Å². The Bertz CT molecular complexity index is 1370. The summed E-state index contributed by atoms with van der Waals surface area (Å²) >= 11 is 10.9. The van der Waals surface area contributed by atoms with Gasteiger partial charge in [0, 0.05) is 29.6 Å². The maximum absolute atomic E-state index is 13.4. The SMILES string of the molecule is CCCc1cc(Cl)ccc1C1COc2ccc3cc2N(C1)CC1CCC1C(C1SCCCS1)CCCC(C)C(C)S(=O)NC3=O. The molecule has 3 aliphatic heterocycles. The van der Waals surface area contributed by atoms with Crippen LogP contribution < -0.4 is 14.4 Å². The van der Waals surface area contributed by atoms with E-state index in [0.29, 0.717) is 34.5 Å². The molecular formula is C36H49ClN2O3S3. The van der Waals surface area contributed by atoms with Crippen molar-refractivity contribution in [2.45, 2.75) is 87.9 Å². The van der Waals surface area contributed by atoms with Gasteiger partial charge in [-0.1, -0.05) is 44.4 Å². The predicted octanol–water partition coefficient (Wildman–Crippen LogP) is 8.72. The molecule has 246 valence electrons. The highest BCUT2D eigenvalue weighted by atomic mass is 35.5. The van der Waals surface area contributed by atoms with E-state index in [0.717, 1.165) is 55.2 Å². The van der Waals surface area contributed by atoms with Gasteiger partial charge in [0.25, 0.3) is 5.91 Å². The van der Waals surface area contributed by atoms with Crippen molar-refractivity contribution >= 4 is 57.7 Å². The van der Waals surface area contributed by atoms with Crippen LogP contribution in [-0.4, -0.2) is 51.2 Å². The number of anilines is 1. The minimum atomic E-state index is -1.45. The molecule has 7 atom stereocenters. The zero-order chi connectivity index (χ0) is 31.5. The lowest BCUT2D eigenvalue weighted by molar-refractivity contribution is 0.0982. The van der Waals surface area contributed by atoms with E-state index in [1.807, 2.05) is 31.2 Å². The van der Waals surface area contributed by atoms with Crippen LogP contribution in [0.2, 0.25) is 5.02 Å². The van der Waals surface area contributed by atoms with Gasteiger partial charge < -0.3 is 9.64 Å². The molecule has 7 unspecified atom stereocenters. The van der Waals surface area contributed by atoms with Crippen molar-refractivity contribution in [3.8, 4) is 5.75 Å². The Morgan fingerprint density at radius 2 is 1.82 bits per heavy atom. The first-order valence-corrected chi connectivity index (χ1v) is 20.8. The van der Waals surface area contributed by atoms with Gasteiger partial charge in [-0.05, 0) is 122 Å². The van der Waals surface area contributed by atoms with Gasteiger partial charge in [0.2, 0.25) is 0 Å². The van der Waals surface area contributed by atoms with Crippen LogP contribution in [0.15, 0.2) is 36.4 Å². The topological polar surface area (TPSA) is 58.6 Å². The highest BCUT2D eigenvalue weighted by Crippen LogP contribution is 2.51. The van der Waals surface area contributed by atoms with Crippen LogP contribution in [0, 0.1) is 23.7 Å². The van der Waals surface area contributed by atoms with Gasteiger partial charge in [-0.25, -0.2) is 4.21 Å². The van der Waals surface area contributed by atoms with E-state index in [1.165, 1.54) is 48.3 Å². The molecule has 2 aromatic rings. The van der Waals surface area contributed by atoms with Crippen molar-refractivity contribution in [1.29, 1.82) is 0 Å². The average Bonchev–Trinajstić information content (AvgIpc) is 3.21. The molecule has 9 heteroatoms. The lowest BCUT2D eigenvalue weighted by atomic mass is 9.66. The number of thioether (sulfide) groups is 2. The fraction of sp³-hybridized carbons (Fsp3) is 0.639. The van der Waals surface area contributed by atoms with E-state index in [2.05, 4.69) is 59.1 Å². The molecule has 4 aliphatic rings. The van der Waals surface area contributed by atoms with E-state index in [9.17, 15) is 9.00 Å². The van der Waals surface area contributed by atoms with Gasteiger partial charge in [0.1, 0.15) is 16.7 Å². The number of fused-ring (bicyclic) bond motifs is 2. The first-order valence-electron chi connectivity index (χ1n) is 17.1. The fourth-order valence-electron chi connectivity index (χ4n) is 7.79. The average molecular weight is 689 g/mol. The Balaban J connectivity index is 1.36. The van der Waals surface area contributed by atoms with Gasteiger partial charge in [-0.15, -0.1) is 23.5 Å². The molecule has 1 saturated carbocycles. The normalized spacial score (nSPS) is 31.6. The van der Waals surface area contributed by atoms with Crippen molar-refractivity contribution in [1.82, 2.24) is 4.72 Å². The highest BCUT2D eigenvalue weighted by molar-refractivity contribution is 8.17. The summed E-state index contributed by atoms with van der Waals surface area (Å²) in [6.07, 6.45) is 9.37. The van der Waals surface area contributed by atoms with Gasteiger partial charge >= 0.3 is 0 Å². The fourth-order valence-corrected chi connectivity index (χ4v) is 12.4. The lowest BCUT2D eigenvalue weighted by Crippen LogP contribution is -2.45. The molecule has 6 rings (SSSR count). The summed E-state index contributed by atoms with van der Waals surface area (Å²) in [4.78, 5) is 16.0.